The van der Waals surface area contributed by atoms with Gasteiger partial charge in [0.15, 0.2) is 0 Å². The van der Waals surface area contributed by atoms with Crippen LogP contribution in [0.15, 0.2) is 60.7 Å². The van der Waals surface area contributed by atoms with E-state index in [0.717, 1.165) is 5.92 Å². The van der Waals surface area contributed by atoms with Crippen LogP contribution in [0.2, 0.25) is 13.1 Å². The quantitative estimate of drug-likeness (QED) is 0.466. The van der Waals surface area contributed by atoms with Crippen LogP contribution in [-0.4, -0.2) is 8.07 Å². The number of hydrogen-bond acceptors (Lipinski definition) is 0. The molecular weight excluding hydrogens is 383 g/mol. The van der Waals surface area contributed by atoms with Gasteiger partial charge in [0.05, 0.1) is 8.07 Å². The first kappa shape index (κ1) is 24.4. The molecule has 0 heterocycles. The predicted molar refractivity (Wildman–Crippen MR) is 137 cm³/mol. The minimum absolute atomic E-state index is 0. The van der Waals surface area contributed by atoms with Crippen LogP contribution < -0.4 is 18.9 Å². The molecule has 3 atom stereocenters. The van der Waals surface area contributed by atoms with Gasteiger partial charge in [-0.15, -0.1) is 0 Å². The smallest absolute Gasteiger partial charge is 1.00 e. The molecule has 0 bridgehead atoms. The molecule has 0 aliphatic heterocycles. The molecule has 2 aromatic rings. The van der Waals surface area contributed by atoms with Crippen LogP contribution in [-0.2, 0) is 0 Å². The SMILES string of the molecule is CCCCC(CC)CC1=CC([Si](C)(C)C2C=C(C)c3ccccc32)c2ccccc21.[H-].[Li+]. The van der Waals surface area contributed by atoms with Crippen molar-refractivity contribution < 1.29 is 20.3 Å². The van der Waals surface area contributed by atoms with E-state index in [1.54, 1.807) is 22.3 Å². The summed E-state index contributed by atoms with van der Waals surface area (Å²) in [6, 6.07) is 18.4. The molecule has 0 saturated carbocycles. The van der Waals surface area contributed by atoms with Gasteiger partial charge in [0.2, 0.25) is 0 Å². The second-order valence-electron chi connectivity index (χ2n) is 10.1. The fourth-order valence-corrected chi connectivity index (χ4v) is 9.66. The molecular formula is C29H39LiSi. The van der Waals surface area contributed by atoms with Gasteiger partial charge in [0.25, 0.3) is 0 Å². The first-order chi connectivity index (χ1) is 14.5. The maximum atomic E-state index is 2.70. The third-order valence-electron chi connectivity index (χ3n) is 7.80. The Labute approximate surface area is 204 Å². The summed E-state index contributed by atoms with van der Waals surface area (Å²) in [7, 11) is -1.66. The van der Waals surface area contributed by atoms with E-state index in [9.17, 15) is 0 Å². The summed E-state index contributed by atoms with van der Waals surface area (Å²) < 4.78 is 0. The van der Waals surface area contributed by atoms with Crippen molar-refractivity contribution in [2.24, 2.45) is 5.92 Å². The van der Waals surface area contributed by atoms with Gasteiger partial charge in [-0.25, -0.2) is 0 Å². The number of rotatable bonds is 8. The van der Waals surface area contributed by atoms with Gasteiger partial charge in [-0.1, -0.05) is 113 Å². The van der Waals surface area contributed by atoms with Gasteiger partial charge in [0, 0.05) is 0 Å². The molecule has 2 aliphatic rings. The summed E-state index contributed by atoms with van der Waals surface area (Å²) in [6.07, 6.45) is 11.9. The summed E-state index contributed by atoms with van der Waals surface area (Å²) in [4.78, 5) is 0. The Morgan fingerprint density at radius 1 is 0.871 bits per heavy atom. The molecule has 31 heavy (non-hydrogen) atoms. The molecule has 0 nitrogen and oxygen atoms in total. The number of unbranched alkanes of at least 4 members (excludes halogenated alkanes) is 1. The van der Waals surface area contributed by atoms with Crippen molar-refractivity contribution in [1.29, 1.82) is 0 Å². The van der Waals surface area contributed by atoms with E-state index in [-0.39, 0.29) is 20.3 Å². The normalized spacial score (nSPS) is 20.4. The number of benzene rings is 2. The van der Waals surface area contributed by atoms with E-state index in [2.05, 4.69) is 94.5 Å². The zero-order chi connectivity index (χ0) is 21.3. The molecule has 160 valence electrons. The molecule has 0 amide bonds. The Kier molecular flexibility index (Phi) is 7.96. The first-order valence-corrected chi connectivity index (χ1v) is 15.2. The van der Waals surface area contributed by atoms with Crippen molar-refractivity contribution in [2.45, 2.75) is 77.1 Å². The topological polar surface area (TPSA) is 0 Å². The molecule has 0 fully saturated rings. The van der Waals surface area contributed by atoms with Crippen LogP contribution >= 0.6 is 0 Å². The zero-order valence-corrected chi connectivity index (χ0v) is 21.5. The first-order valence-electron chi connectivity index (χ1n) is 12.0. The minimum atomic E-state index is -1.66. The summed E-state index contributed by atoms with van der Waals surface area (Å²) >= 11 is 0. The summed E-state index contributed by atoms with van der Waals surface area (Å²) in [5, 5.41) is 0. The molecule has 2 heteroatoms. The van der Waals surface area contributed by atoms with Crippen LogP contribution in [0.4, 0.5) is 0 Å². The van der Waals surface area contributed by atoms with Gasteiger partial charge in [-0.3, -0.25) is 0 Å². The molecule has 0 saturated heterocycles. The molecule has 0 radical (unpaired) electrons. The van der Waals surface area contributed by atoms with Crippen LogP contribution in [0.25, 0.3) is 11.1 Å². The molecule has 3 unspecified atom stereocenters. The van der Waals surface area contributed by atoms with Crippen molar-refractivity contribution in [2.75, 3.05) is 0 Å². The number of allylic oxidation sites excluding steroid dienone is 4. The Morgan fingerprint density at radius 3 is 2.10 bits per heavy atom. The zero-order valence-electron chi connectivity index (χ0n) is 21.5. The maximum absolute atomic E-state index is 2.70. The van der Waals surface area contributed by atoms with E-state index < -0.39 is 8.07 Å². The molecule has 2 aromatic carbocycles. The maximum Gasteiger partial charge on any atom is 1.00 e. The van der Waals surface area contributed by atoms with E-state index in [0.29, 0.717) is 11.1 Å². The molecule has 0 N–H and O–H groups in total. The van der Waals surface area contributed by atoms with Gasteiger partial charge < -0.3 is 1.43 Å². The Balaban J connectivity index is 0.00000181. The molecule has 2 aliphatic carbocycles. The number of hydrogen-bond donors (Lipinski definition) is 0. The average molecular weight is 423 g/mol. The molecule has 0 spiro atoms. The fourth-order valence-electron chi connectivity index (χ4n) is 5.86. The van der Waals surface area contributed by atoms with Crippen molar-refractivity contribution in [3.63, 3.8) is 0 Å². The van der Waals surface area contributed by atoms with Crippen LogP contribution in [0.3, 0.4) is 0 Å². The monoisotopic (exact) mass is 422 g/mol. The van der Waals surface area contributed by atoms with Crippen LogP contribution in [0.1, 0.15) is 87.6 Å². The average Bonchev–Trinajstić information content (AvgIpc) is 3.30. The predicted octanol–water partition coefficient (Wildman–Crippen LogP) is 5.88. The molecule has 4 rings (SSSR count). The Bertz CT molecular complexity index is 975. The van der Waals surface area contributed by atoms with E-state index >= 15 is 0 Å². The summed E-state index contributed by atoms with van der Waals surface area (Å²) in [6.45, 7) is 12.2. The Hall–Kier alpha value is -1.27. The molecule has 0 aromatic heterocycles. The van der Waals surface area contributed by atoms with Gasteiger partial charge in [-0.05, 0) is 63.7 Å². The van der Waals surface area contributed by atoms with E-state index in [1.807, 2.05) is 0 Å². The third kappa shape index (κ3) is 4.61. The van der Waals surface area contributed by atoms with Crippen molar-refractivity contribution in [3.8, 4) is 0 Å². The van der Waals surface area contributed by atoms with Crippen LogP contribution in [0.5, 0.6) is 0 Å². The van der Waals surface area contributed by atoms with Crippen molar-refractivity contribution in [3.05, 3.63) is 82.9 Å². The van der Waals surface area contributed by atoms with E-state index in [4.69, 9.17) is 0 Å². The van der Waals surface area contributed by atoms with Crippen molar-refractivity contribution >= 4 is 19.2 Å². The van der Waals surface area contributed by atoms with Crippen LogP contribution in [0, 0.1) is 5.92 Å². The largest absolute Gasteiger partial charge is 1.00 e. The van der Waals surface area contributed by atoms with Gasteiger partial charge in [-0.2, -0.15) is 0 Å². The number of fused-ring (bicyclic) bond motifs is 2. The summed E-state index contributed by atoms with van der Waals surface area (Å²) in [5.74, 6) is 0.821. The van der Waals surface area contributed by atoms with Crippen molar-refractivity contribution in [1.82, 2.24) is 0 Å². The standard InChI is InChI=1S/C29H38Si.Li.H/c1-6-8-13-22(7-2)19-23-20-29(27-17-12-10-15-25(23)27)30(4,5)28-18-21(3)24-14-9-11-16-26(24)28;;/h9-12,14-18,20,22,28-29H,6-8,13,19H2,1-5H3;;/q;+1;-1. The summed E-state index contributed by atoms with van der Waals surface area (Å²) in [5.41, 5.74) is 10.5. The second kappa shape index (κ2) is 10.1. The van der Waals surface area contributed by atoms with E-state index in [1.165, 1.54) is 43.2 Å². The van der Waals surface area contributed by atoms with Gasteiger partial charge >= 0.3 is 18.9 Å². The third-order valence-corrected chi connectivity index (χ3v) is 12.0. The fraction of sp³-hybridized carbons (Fsp3) is 0.448. The van der Waals surface area contributed by atoms with Gasteiger partial charge in [0.1, 0.15) is 0 Å². The Morgan fingerprint density at radius 2 is 1.45 bits per heavy atom. The minimum Gasteiger partial charge on any atom is -1.00 e. The second-order valence-corrected chi connectivity index (χ2v) is 15.0.